The third kappa shape index (κ3) is 7.36. The Labute approximate surface area is 238 Å². The van der Waals surface area contributed by atoms with Gasteiger partial charge in [0.05, 0.1) is 10.6 Å². The summed E-state index contributed by atoms with van der Waals surface area (Å²) in [6, 6.07) is 19.2. The van der Waals surface area contributed by atoms with E-state index < -0.39 is 28.5 Å². The fraction of sp³-hybridized carbons (Fsp3) is 0.286. The molecule has 3 aromatic carbocycles. The summed E-state index contributed by atoms with van der Waals surface area (Å²) < 4.78 is 29.6. The van der Waals surface area contributed by atoms with Crippen LogP contribution in [0.3, 0.4) is 0 Å². The first-order valence-electron chi connectivity index (χ1n) is 12.1. The highest BCUT2D eigenvalue weighted by molar-refractivity contribution is 9.10. The highest BCUT2D eigenvalue weighted by Crippen LogP contribution is 2.30. The second-order valence-electron chi connectivity index (χ2n) is 9.25. The molecule has 3 aromatic rings. The van der Waals surface area contributed by atoms with Gasteiger partial charge in [0.1, 0.15) is 12.6 Å². The largest absolute Gasteiger partial charge is 0.352 e. The number of benzene rings is 3. The SMILES string of the molecule is Cc1ccc(Cl)cc1N(CC(=O)N(Cc1cccc(Br)c1)C(C)C(=O)NC(C)C)S(=O)(=O)c1ccccc1. The first-order chi connectivity index (χ1) is 17.9. The van der Waals surface area contributed by atoms with Crippen LogP contribution >= 0.6 is 27.5 Å². The summed E-state index contributed by atoms with van der Waals surface area (Å²) >= 11 is 9.69. The standard InChI is InChI=1S/C28H31BrClN3O4S/c1-19(2)31-28(35)21(4)32(17-22-9-8-10-23(29)15-22)27(34)18-33(26-16-24(30)14-13-20(26)3)38(36,37)25-11-6-5-7-12-25/h5-16,19,21H,17-18H2,1-4H3,(H,31,35). The monoisotopic (exact) mass is 619 g/mol. The van der Waals surface area contributed by atoms with Gasteiger partial charge in [0.15, 0.2) is 0 Å². The summed E-state index contributed by atoms with van der Waals surface area (Å²) in [6.07, 6.45) is 0. The van der Waals surface area contributed by atoms with Crippen LogP contribution in [0.25, 0.3) is 0 Å². The van der Waals surface area contributed by atoms with Crippen molar-refractivity contribution in [2.75, 3.05) is 10.8 Å². The second kappa shape index (κ2) is 12.8. The number of hydrogen-bond donors (Lipinski definition) is 1. The van der Waals surface area contributed by atoms with Crippen molar-refractivity contribution in [2.24, 2.45) is 0 Å². The zero-order valence-corrected chi connectivity index (χ0v) is 24.8. The van der Waals surface area contributed by atoms with Crippen LogP contribution in [0, 0.1) is 6.92 Å². The molecule has 38 heavy (non-hydrogen) atoms. The number of sulfonamides is 1. The predicted octanol–water partition coefficient (Wildman–Crippen LogP) is 5.55. The molecule has 0 fully saturated rings. The Hall–Kier alpha value is -2.88. The van der Waals surface area contributed by atoms with Crippen molar-refractivity contribution in [3.63, 3.8) is 0 Å². The maximum absolute atomic E-state index is 13.9. The quantitative estimate of drug-likeness (QED) is 0.322. The fourth-order valence-electron chi connectivity index (χ4n) is 3.90. The zero-order chi connectivity index (χ0) is 28.0. The Kier molecular flexibility index (Phi) is 9.98. The van der Waals surface area contributed by atoms with Crippen LogP contribution in [-0.2, 0) is 26.2 Å². The van der Waals surface area contributed by atoms with Crippen molar-refractivity contribution in [1.29, 1.82) is 0 Å². The fourth-order valence-corrected chi connectivity index (χ4v) is 6.01. The number of rotatable bonds is 10. The molecule has 1 atom stereocenters. The van der Waals surface area contributed by atoms with E-state index in [9.17, 15) is 18.0 Å². The van der Waals surface area contributed by atoms with Crippen molar-refractivity contribution in [2.45, 2.75) is 51.2 Å². The Morgan fingerprint density at radius 3 is 2.29 bits per heavy atom. The highest BCUT2D eigenvalue weighted by atomic mass is 79.9. The topological polar surface area (TPSA) is 86.8 Å². The summed E-state index contributed by atoms with van der Waals surface area (Å²) in [6.45, 7) is 6.64. The van der Waals surface area contributed by atoms with E-state index in [0.29, 0.717) is 10.6 Å². The van der Waals surface area contributed by atoms with Crippen molar-refractivity contribution in [1.82, 2.24) is 10.2 Å². The number of nitrogens with one attached hydrogen (secondary N) is 1. The van der Waals surface area contributed by atoms with E-state index in [-0.39, 0.29) is 29.1 Å². The van der Waals surface area contributed by atoms with Gasteiger partial charge < -0.3 is 10.2 Å². The van der Waals surface area contributed by atoms with Gasteiger partial charge in [-0.25, -0.2) is 8.42 Å². The minimum absolute atomic E-state index is 0.0383. The molecule has 3 rings (SSSR count). The third-order valence-electron chi connectivity index (χ3n) is 5.89. The van der Waals surface area contributed by atoms with Gasteiger partial charge in [-0.1, -0.05) is 63.9 Å². The minimum atomic E-state index is -4.15. The van der Waals surface area contributed by atoms with Gasteiger partial charge in [-0.2, -0.15) is 0 Å². The van der Waals surface area contributed by atoms with Crippen LogP contribution in [0.4, 0.5) is 5.69 Å². The Morgan fingerprint density at radius 1 is 0.974 bits per heavy atom. The molecule has 0 heterocycles. The lowest BCUT2D eigenvalue weighted by Crippen LogP contribution is -2.52. The van der Waals surface area contributed by atoms with E-state index in [0.717, 1.165) is 14.3 Å². The van der Waals surface area contributed by atoms with Crippen molar-refractivity contribution < 1.29 is 18.0 Å². The van der Waals surface area contributed by atoms with Crippen molar-refractivity contribution in [3.05, 3.63) is 93.4 Å². The maximum Gasteiger partial charge on any atom is 0.264 e. The molecule has 0 aliphatic carbocycles. The summed E-state index contributed by atoms with van der Waals surface area (Å²) in [7, 11) is -4.15. The van der Waals surface area contributed by atoms with E-state index in [1.807, 2.05) is 38.1 Å². The van der Waals surface area contributed by atoms with E-state index in [1.165, 1.54) is 23.1 Å². The number of carbonyl (C=O) groups excluding carboxylic acids is 2. The molecule has 0 radical (unpaired) electrons. The summed E-state index contributed by atoms with van der Waals surface area (Å²) in [5.41, 5.74) is 1.70. The molecule has 7 nitrogen and oxygen atoms in total. The smallest absolute Gasteiger partial charge is 0.264 e. The van der Waals surface area contributed by atoms with E-state index in [4.69, 9.17) is 11.6 Å². The lowest BCUT2D eigenvalue weighted by molar-refractivity contribution is -0.139. The van der Waals surface area contributed by atoms with Gasteiger partial charge in [-0.05, 0) is 75.2 Å². The number of carbonyl (C=O) groups is 2. The molecule has 1 unspecified atom stereocenters. The van der Waals surface area contributed by atoms with Crippen LogP contribution in [0.1, 0.15) is 31.9 Å². The average Bonchev–Trinajstić information content (AvgIpc) is 2.87. The minimum Gasteiger partial charge on any atom is -0.352 e. The van der Waals surface area contributed by atoms with Crippen LogP contribution < -0.4 is 9.62 Å². The van der Waals surface area contributed by atoms with Gasteiger partial charge >= 0.3 is 0 Å². The number of halogens is 2. The molecular weight excluding hydrogens is 590 g/mol. The van der Waals surface area contributed by atoms with E-state index >= 15 is 0 Å². The molecule has 10 heteroatoms. The van der Waals surface area contributed by atoms with Gasteiger partial charge in [-0.15, -0.1) is 0 Å². The Morgan fingerprint density at radius 2 is 1.66 bits per heavy atom. The van der Waals surface area contributed by atoms with Crippen LogP contribution in [-0.4, -0.2) is 43.8 Å². The molecule has 0 aliphatic heterocycles. The Balaban J connectivity index is 2.07. The highest BCUT2D eigenvalue weighted by Gasteiger charge is 2.33. The summed E-state index contributed by atoms with van der Waals surface area (Å²) in [5.74, 6) is -0.866. The van der Waals surface area contributed by atoms with E-state index in [1.54, 1.807) is 44.2 Å². The molecule has 0 saturated heterocycles. The first-order valence-corrected chi connectivity index (χ1v) is 14.7. The van der Waals surface area contributed by atoms with Gasteiger partial charge in [-0.3, -0.25) is 13.9 Å². The molecule has 0 bridgehead atoms. The zero-order valence-electron chi connectivity index (χ0n) is 21.7. The molecular formula is C28H31BrClN3O4S. The molecule has 1 N–H and O–H groups in total. The van der Waals surface area contributed by atoms with Crippen LogP contribution in [0.15, 0.2) is 82.2 Å². The van der Waals surface area contributed by atoms with Crippen LogP contribution in [0.2, 0.25) is 5.02 Å². The molecule has 0 aliphatic rings. The number of aryl methyl sites for hydroxylation is 1. The third-order valence-corrected chi connectivity index (χ3v) is 8.39. The van der Waals surface area contributed by atoms with Crippen molar-refractivity contribution >= 4 is 55.1 Å². The molecule has 202 valence electrons. The van der Waals surface area contributed by atoms with Crippen molar-refractivity contribution in [3.8, 4) is 0 Å². The molecule has 2 amide bonds. The van der Waals surface area contributed by atoms with Gasteiger partial charge in [0.25, 0.3) is 10.0 Å². The number of anilines is 1. The summed E-state index contributed by atoms with van der Waals surface area (Å²) in [5, 5.41) is 3.18. The predicted molar refractivity (Wildman–Crippen MR) is 155 cm³/mol. The average molecular weight is 621 g/mol. The van der Waals surface area contributed by atoms with Gasteiger partial charge in [0.2, 0.25) is 11.8 Å². The first kappa shape index (κ1) is 29.7. The molecule has 0 aromatic heterocycles. The van der Waals surface area contributed by atoms with Crippen LogP contribution in [0.5, 0.6) is 0 Å². The lowest BCUT2D eigenvalue weighted by Gasteiger charge is -2.32. The number of hydrogen-bond acceptors (Lipinski definition) is 4. The number of nitrogens with zero attached hydrogens (tertiary/aromatic N) is 2. The maximum atomic E-state index is 13.9. The van der Waals surface area contributed by atoms with Gasteiger partial charge in [0, 0.05) is 22.1 Å². The lowest BCUT2D eigenvalue weighted by atomic mass is 10.1. The molecule has 0 spiro atoms. The summed E-state index contributed by atoms with van der Waals surface area (Å²) in [4.78, 5) is 28.3. The van der Waals surface area contributed by atoms with E-state index in [2.05, 4.69) is 21.2 Å². The normalized spacial score (nSPS) is 12.2. The second-order valence-corrected chi connectivity index (χ2v) is 12.5. The number of amides is 2. The molecule has 0 saturated carbocycles. The Bertz CT molecular complexity index is 1400.